The summed E-state index contributed by atoms with van der Waals surface area (Å²) in [4.78, 5) is 27.1. The molecule has 1 heterocycles. The number of aromatic amines is 1. The van der Waals surface area contributed by atoms with Crippen LogP contribution < -0.4 is 5.32 Å². The van der Waals surface area contributed by atoms with Gasteiger partial charge in [0, 0.05) is 28.2 Å². The molecule has 3 aromatic rings. The van der Waals surface area contributed by atoms with Gasteiger partial charge in [-0.1, -0.05) is 35.9 Å². The lowest BCUT2D eigenvalue weighted by atomic mass is 10.1. The van der Waals surface area contributed by atoms with E-state index >= 15 is 0 Å². The van der Waals surface area contributed by atoms with Gasteiger partial charge in [0.2, 0.25) is 0 Å². The summed E-state index contributed by atoms with van der Waals surface area (Å²) in [6.07, 6.45) is 3.34. The van der Waals surface area contributed by atoms with Crippen molar-refractivity contribution in [1.29, 1.82) is 0 Å². The molecule has 0 spiro atoms. The number of rotatable bonds is 4. The molecule has 0 fully saturated rings. The van der Waals surface area contributed by atoms with Crippen molar-refractivity contribution in [3.05, 3.63) is 77.1 Å². The number of aromatic nitrogens is 1. The number of hydrogen-bond acceptors (Lipinski definition) is 2. The molecule has 0 unspecified atom stereocenters. The van der Waals surface area contributed by atoms with Crippen molar-refractivity contribution in [1.82, 2.24) is 10.3 Å². The van der Waals surface area contributed by atoms with Crippen LogP contribution in [0.15, 0.2) is 60.4 Å². The predicted octanol–water partition coefficient (Wildman–Crippen LogP) is 4.01. The minimum atomic E-state index is -0.722. The lowest BCUT2D eigenvalue weighted by Crippen LogP contribution is -2.25. The number of allylic oxidation sites excluding steroid dienone is 1. The van der Waals surface area contributed by atoms with Crippen molar-refractivity contribution in [2.45, 2.75) is 6.92 Å². The average Bonchev–Trinajstić information content (AvgIpc) is 2.98. The van der Waals surface area contributed by atoms with Gasteiger partial charge in [0.15, 0.2) is 0 Å². The fourth-order valence-electron chi connectivity index (χ4n) is 2.41. The zero-order chi connectivity index (χ0) is 17.1. The molecule has 2 aromatic carbocycles. The van der Waals surface area contributed by atoms with E-state index in [1.807, 2.05) is 43.3 Å². The minimum Gasteiger partial charge on any atom is -0.361 e. The Morgan fingerprint density at radius 1 is 1.08 bits per heavy atom. The van der Waals surface area contributed by atoms with E-state index in [1.165, 1.54) is 0 Å². The van der Waals surface area contributed by atoms with E-state index < -0.39 is 5.24 Å². The lowest BCUT2D eigenvalue weighted by Gasteiger charge is -2.06. The van der Waals surface area contributed by atoms with Gasteiger partial charge in [-0.05, 0) is 42.8 Å². The molecule has 2 N–H and O–H groups in total. The summed E-state index contributed by atoms with van der Waals surface area (Å²) in [5, 5.41) is 2.80. The second kappa shape index (κ2) is 6.72. The molecular weight excluding hydrogens is 324 g/mol. The van der Waals surface area contributed by atoms with E-state index in [9.17, 15) is 9.59 Å². The molecule has 5 heteroatoms. The van der Waals surface area contributed by atoms with E-state index in [4.69, 9.17) is 11.6 Å². The van der Waals surface area contributed by atoms with Crippen molar-refractivity contribution in [3.8, 4) is 0 Å². The fraction of sp³-hybridized carbons (Fsp3) is 0.0526. The molecule has 1 aromatic heterocycles. The summed E-state index contributed by atoms with van der Waals surface area (Å²) in [7, 11) is 0. The maximum Gasteiger partial charge on any atom is 0.268 e. The maximum absolute atomic E-state index is 12.3. The Hall–Kier alpha value is -2.85. The van der Waals surface area contributed by atoms with Crippen LogP contribution in [0.2, 0.25) is 0 Å². The summed E-state index contributed by atoms with van der Waals surface area (Å²) >= 11 is 5.64. The Kier molecular flexibility index (Phi) is 4.49. The van der Waals surface area contributed by atoms with Gasteiger partial charge in [-0.25, -0.2) is 0 Å². The standard InChI is InChI=1S/C19H15ClN2O2/c1-12-6-8-13(9-7-12)19(24)22-17(18(20)23)10-14-11-21-16-5-3-2-4-15(14)16/h2-11,21H,1H3,(H,22,24)/b17-10+. The summed E-state index contributed by atoms with van der Waals surface area (Å²) in [5.41, 5.74) is 3.26. The second-order valence-electron chi connectivity index (χ2n) is 5.44. The third-order valence-electron chi connectivity index (χ3n) is 3.69. The van der Waals surface area contributed by atoms with E-state index in [2.05, 4.69) is 10.3 Å². The summed E-state index contributed by atoms with van der Waals surface area (Å²) in [6, 6.07) is 14.7. The van der Waals surface area contributed by atoms with Crippen LogP contribution in [0.4, 0.5) is 0 Å². The van der Waals surface area contributed by atoms with Crippen LogP contribution in [-0.2, 0) is 4.79 Å². The smallest absolute Gasteiger partial charge is 0.268 e. The first-order valence-corrected chi connectivity index (χ1v) is 7.78. The van der Waals surface area contributed by atoms with Gasteiger partial charge in [0.05, 0.1) is 0 Å². The molecule has 0 atom stereocenters. The molecule has 0 aliphatic rings. The number of carbonyl (C=O) groups excluding carboxylic acids is 2. The number of hydrogen-bond donors (Lipinski definition) is 2. The number of benzene rings is 2. The average molecular weight is 339 g/mol. The Balaban J connectivity index is 1.91. The Labute approximate surface area is 144 Å². The Morgan fingerprint density at radius 2 is 1.79 bits per heavy atom. The molecule has 0 aliphatic heterocycles. The maximum atomic E-state index is 12.3. The molecule has 24 heavy (non-hydrogen) atoms. The molecule has 3 rings (SSSR count). The molecule has 120 valence electrons. The third-order valence-corrected chi connectivity index (χ3v) is 3.90. The van der Waals surface area contributed by atoms with Gasteiger partial charge >= 0.3 is 0 Å². The zero-order valence-corrected chi connectivity index (χ0v) is 13.7. The molecule has 0 aliphatic carbocycles. The molecule has 4 nitrogen and oxygen atoms in total. The van der Waals surface area contributed by atoms with E-state index in [-0.39, 0.29) is 11.6 Å². The van der Waals surface area contributed by atoms with E-state index in [1.54, 1.807) is 24.4 Å². The molecular formula is C19H15ClN2O2. The van der Waals surface area contributed by atoms with Crippen LogP contribution in [0.1, 0.15) is 21.5 Å². The van der Waals surface area contributed by atoms with Gasteiger partial charge in [0.25, 0.3) is 11.1 Å². The van der Waals surface area contributed by atoms with Crippen LogP contribution in [-0.4, -0.2) is 16.1 Å². The van der Waals surface area contributed by atoms with Crippen LogP contribution in [0, 0.1) is 6.92 Å². The molecule has 0 radical (unpaired) electrons. The topological polar surface area (TPSA) is 62.0 Å². The van der Waals surface area contributed by atoms with Crippen molar-refractivity contribution < 1.29 is 9.59 Å². The number of carbonyl (C=O) groups is 2. The zero-order valence-electron chi connectivity index (χ0n) is 13.0. The highest BCUT2D eigenvalue weighted by Crippen LogP contribution is 2.20. The van der Waals surface area contributed by atoms with Crippen molar-refractivity contribution in [2.24, 2.45) is 0 Å². The number of fused-ring (bicyclic) bond motifs is 1. The first kappa shape index (κ1) is 16.0. The number of H-pyrrole nitrogens is 1. The number of halogens is 1. The fourth-order valence-corrected chi connectivity index (χ4v) is 2.51. The highest BCUT2D eigenvalue weighted by atomic mass is 35.5. The second-order valence-corrected chi connectivity index (χ2v) is 5.78. The highest BCUT2D eigenvalue weighted by molar-refractivity contribution is 6.68. The minimum absolute atomic E-state index is 0.0343. The largest absolute Gasteiger partial charge is 0.361 e. The van der Waals surface area contributed by atoms with E-state index in [0.29, 0.717) is 5.56 Å². The van der Waals surface area contributed by atoms with Gasteiger partial charge in [-0.3, -0.25) is 9.59 Å². The SMILES string of the molecule is Cc1ccc(C(=O)N/C(=C/c2c[nH]c3ccccc23)C(=O)Cl)cc1. The highest BCUT2D eigenvalue weighted by Gasteiger charge is 2.13. The monoisotopic (exact) mass is 338 g/mol. The molecule has 0 bridgehead atoms. The van der Waals surface area contributed by atoms with Crippen LogP contribution >= 0.6 is 11.6 Å². The molecule has 0 saturated heterocycles. The van der Waals surface area contributed by atoms with Crippen LogP contribution in [0.3, 0.4) is 0 Å². The Bertz CT molecular complexity index is 939. The first-order chi connectivity index (χ1) is 11.5. The van der Waals surface area contributed by atoms with Crippen LogP contribution in [0.5, 0.6) is 0 Å². The van der Waals surface area contributed by atoms with Gasteiger partial charge in [-0.15, -0.1) is 0 Å². The quantitative estimate of drug-likeness (QED) is 0.557. The van der Waals surface area contributed by atoms with Crippen molar-refractivity contribution >= 4 is 39.7 Å². The summed E-state index contributed by atoms with van der Waals surface area (Å²) < 4.78 is 0. The van der Waals surface area contributed by atoms with Gasteiger partial charge in [0.1, 0.15) is 5.70 Å². The normalized spacial score (nSPS) is 11.5. The number of amides is 1. The predicted molar refractivity (Wildman–Crippen MR) is 95.8 cm³/mol. The molecule has 0 saturated carbocycles. The van der Waals surface area contributed by atoms with Crippen molar-refractivity contribution in [3.63, 3.8) is 0 Å². The summed E-state index contributed by atoms with van der Waals surface area (Å²) in [5.74, 6) is -0.380. The van der Waals surface area contributed by atoms with Crippen molar-refractivity contribution in [2.75, 3.05) is 0 Å². The van der Waals surface area contributed by atoms with Crippen LogP contribution in [0.25, 0.3) is 17.0 Å². The number of aryl methyl sites for hydroxylation is 1. The number of para-hydroxylation sites is 1. The van der Waals surface area contributed by atoms with E-state index in [0.717, 1.165) is 22.0 Å². The molecule has 1 amide bonds. The number of nitrogens with one attached hydrogen (secondary N) is 2. The first-order valence-electron chi connectivity index (χ1n) is 7.40. The lowest BCUT2D eigenvalue weighted by molar-refractivity contribution is -0.108. The third kappa shape index (κ3) is 3.39. The Morgan fingerprint density at radius 3 is 2.50 bits per heavy atom. The van der Waals surface area contributed by atoms with Gasteiger partial charge < -0.3 is 10.3 Å². The summed E-state index contributed by atoms with van der Waals surface area (Å²) in [6.45, 7) is 1.94. The van der Waals surface area contributed by atoms with Gasteiger partial charge in [-0.2, -0.15) is 0 Å².